The van der Waals surface area contributed by atoms with Crippen molar-refractivity contribution in [2.75, 3.05) is 0 Å². The highest BCUT2D eigenvalue weighted by molar-refractivity contribution is 6.30. The van der Waals surface area contributed by atoms with E-state index in [0.717, 1.165) is 44.6 Å². The summed E-state index contributed by atoms with van der Waals surface area (Å²) >= 11 is 0. The van der Waals surface area contributed by atoms with Crippen LogP contribution in [0.4, 0.5) is 0 Å². The first kappa shape index (κ1) is 25.2. The molecule has 2 heterocycles. The van der Waals surface area contributed by atoms with Crippen LogP contribution in [0.25, 0.3) is 99.2 Å². The van der Waals surface area contributed by atoms with E-state index in [4.69, 9.17) is 8.83 Å². The second-order valence-corrected chi connectivity index (χ2v) is 12.0. The predicted octanol–water partition coefficient (Wildman–Crippen LogP) is 12.7. The molecule has 0 atom stereocenters. The average Bonchev–Trinajstić information content (AvgIpc) is 3.75. The zero-order valence-corrected chi connectivity index (χ0v) is 24.8. The molecule has 2 aromatic heterocycles. The predicted molar refractivity (Wildman–Crippen MR) is 191 cm³/mol. The molecule has 0 aliphatic rings. The summed E-state index contributed by atoms with van der Waals surface area (Å²) in [5.41, 5.74) is 8.76. The summed E-state index contributed by atoms with van der Waals surface area (Å²) in [6, 6.07) is 56.1. The van der Waals surface area contributed by atoms with Gasteiger partial charge in [0.2, 0.25) is 0 Å². The normalized spacial score (nSPS) is 11.9. The maximum atomic E-state index is 6.56. The van der Waals surface area contributed by atoms with Crippen LogP contribution in [0.15, 0.2) is 167 Å². The standard InChI is InChI=1S/C44H26O2/c1-2-10-27(11-3-1)31-14-6-7-15-32(31)37-26-38(42-25-30-13-5-9-17-40(30)46-42)36-21-19-28-18-20-33(34-22-23-35(37)44(36)43(28)34)41-24-29-12-4-8-16-39(29)45-41/h1-26H. The van der Waals surface area contributed by atoms with E-state index >= 15 is 0 Å². The first-order chi connectivity index (χ1) is 22.8. The van der Waals surface area contributed by atoms with E-state index in [9.17, 15) is 0 Å². The van der Waals surface area contributed by atoms with Crippen molar-refractivity contribution >= 4 is 54.3 Å². The third kappa shape index (κ3) is 3.71. The lowest BCUT2D eigenvalue weighted by Crippen LogP contribution is -1.93. The first-order valence-electron chi connectivity index (χ1n) is 15.7. The molecular weight excluding hydrogens is 560 g/mol. The molecule has 0 saturated heterocycles. The third-order valence-corrected chi connectivity index (χ3v) is 9.47. The Bertz CT molecular complexity index is 2680. The van der Waals surface area contributed by atoms with Gasteiger partial charge in [-0.25, -0.2) is 0 Å². The Morgan fingerprint density at radius 2 is 0.848 bits per heavy atom. The fourth-order valence-electron chi connectivity index (χ4n) is 7.36. The van der Waals surface area contributed by atoms with E-state index in [0.29, 0.717) is 0 Å². The molecule has 0 spiro atoms. The Kier molecular flexibility index (Phi) is 5.31. The van der Waals surface area contributed by atoms with Gasteiger partial charge in [-0.05, 0) is 91.0 Å². The zero-order chi connectivity index (χ0) is 30.2. The number of rotatable bonds is 4. The van der Waals surface area contributed by atoms with E-state index < -0.39 is 0 Å². The summed E-state index contributed by atoms with van der Waals surface area (Å²) in [5.74, 6) is 1.75. The number of benzene rings is 8. The lowest BCUT2D eigenvalue weighted by Gasteiger charge is -2.19. The molecule has 0 unspecified atom stereocenters. The van der Waals surface area contributed by atoms with Crippen LogP contribution in [0.5, 0.6) is 0 Å². The van der Waals surface area contributed by atoms with Crippen LogP contribution in [0.1, 0.15) is 0 Å². The molecule has 214 valence electrons. The summed E-state index contributed by atoms with van der Waals surface area (Å²) < 4.78 is 13.0. The minimum Gasteiger partial charge on any atom is -0.456 e. The monoisotopic (exact) mass is 586 g/mol. The first-order valence-corrected chi connectivity index (χ1v) is 15.7. The van der Waals surface area contributed by atoms with Gasteiger partial charge < -0.3 is 8.83 Å². The lowest BCUT2D eigenvalue weighted by atomic mass is 9.84. The maximum Gasteiger partial charge on any atom is 0.136 e. The van der Waals surface area contributed by atoms with E-state index in [1.54, 1.807) is 0 Å². The van der Waals surface area contributed by atoms with Gasteiger partial charge in [-0.3, -0.25) is 0 Å². The molecule has 8 aromatic carbocycles. The Morgan fingerprint density at radius 1 is 0.304 bits per heavy atom. The second kappa shape index (κ2) is 9.69. The maximum absolute atomic E-state index is 6.56. The fourth-order valence-corrected chi connectivity index (χ4v) is 7.36. The van der Waals surface area contributed by atoms with Gasteiger partial charge in [-0.2, -0.15) is 0 Å². The van der Waals surface area contributed by atoms with Gasteiger partial charge in [0.25, 0.3) is 0 Å². The third-order valence-electron chi connectivity index (χ3n) is 9.47. The Morgan fingerprint density at radius 3 is 1.57 bits per heavy atom. The van der Waals surface area contributed by atoms with Crippen LogP contribution in [-0.2, 0) is 0 Å². The molecule has 0 radical (unpaired) electrons. The van der Waals surface area contributed by atoms with Gasteiger partial charge in [0.1, 0.15) is 22.7 Å². The summed E-state index contributed by atoms with van der Waals surface area (Å²) in [6.45, 7) is 0. The number of hydrogen-bond acceptors (Lipinski definition) is 2. The van der Waals surface area contributed by atoms with E-state index in [1.165, 1.54) is 54.6 Å². The lowest BCUT2D eigenvalue weighted by molar-refractivity contribution is 0.632. The molecule has 0 amide bonds. The highest BCUT2D eigenvalue weighted by atomic mass is 16.3. The van der Waals surface area contributed by atoms with Crippen molar-refractivity contribution in [3.8, 4) is 44.9 Å². The number of furan rings is 2. The summed E-state index contributed by atoms with van der Waals surface area (Å²) in [7, 11) is 0. The average molecular weight is 587 g/mol. The number of para-hydroxylation sites is 2. The van der Waals surface area contributed by atoms with E-state index in [2.05, 4.69) is 133 Å². The van der Waals surface area contributed by atoms with Crippen molar-refractivity contribution in [2.45, 2.75) is 0 Å². The summed E-state index contributed by atoms with van der Waals surface area (Å²) in [5, 5.41) is 9.47. The molecule has 0 saturated carbocycles. The van der Waals surface area contributed by atoms with Crippen LogP contribution in [-0.4, -0.2) is 0 Å². The largest absolute Gasteiger partial charge is 0.456 e. The number of hydrogen-bond donors (Lipinski definition) is 0. The summed E-state index contributed by atoms with van der Waals surface area (Å²) in [6.07, 6.45) is 0. The van der Waals surface area contributed by atoms with Gasteiger partial charge in [-0.15, -0.1) is 0 Å². The molecule has 2 heteroatoms. The zero-order valence-electron chi connectivity index (χ0n) is 24.8. The molecule has 0 N–H and O–H groups in total. The van der Waals surface area contributed by atoms with Crippen molar-refractivity contribution < 1.29 is 8.83 Å². The van der Waals surface area contributed by atoms with Crippen molar-refractivity contribution in [3.63, 3.8) is 0 Å². The number of fused-ring (bicyclic) bond motifs is 2. The quantitative estimate of drug-likeness (QED) is 0.192. The molecule has 0 fully saturated rings. The van der Waals surface area contributed by atoms with Crippen LogP contribution in [0.3, 0.4) is 0 Å². The van der Waals surface area contributed by atoms with Crippen LogP contribution >= 0.6 is 0 Å². The molecule has 0 aliphatic heterocycles. The van der Waals surface area contributed by atoms with Crippen LogP contribution < -0.4 is 0 Å². The highest BCUT2D eigenvalue weighted by Crippen LogP contribution is 2.48. The SMILES string of the molecule is c1ccc(-c2ccccc2-c2cc(-c3cc4ccccc4o3)c3ccc4ccc(-c5cc6ccccc6o5)c5ccc2c3c45)cc1. The van der Waals surface area contributed by atoms with Crippen LogP contribution in [0.2, 0.25) is 0 Å². The second-order valence-electron chi connectivity index (χ2n) is 12.0. The van der Waals surface area contributed by atoms with Crippen molar-refractivity contribution in [2.24, 2.45) is 0 Å². The molecule has 0 bridgehead atoms. The van der Waals surface area contributed by atoms with E-state index in [-0.39, 0.29) is 0 Å². The van der Waals surface area contributed by atoms with Crippen molar-refractivity contribution in [3.05, 3.63) is 158 Å². The van der Waals surface area contributed by atoms with Crippen molar-refractivity contribution in [1.82, 2.24) is 0 Å². The topological polar surface area (TPSA) is 26.3 Å². The van der Waals surface area contributed by atoms with Crippen molar-refractivity contribution in [1.29, 1.82) is 0 Å². The highest BCUT2D eigenvalue weighted by Gasteiger charge is 2.22. The smallest absolute Gasteiger partial charge is 0.136 e. The van der Waals surface area contributed by atoms with Gasteiger partial charge in [0.15, 0.2) is 0 Å². The van der Waals surface area contributed by atoms with Gasteiger partial charge in [0.05, 0.1) is 0 Å². The molecule has 10 aromatic rings. The summed E-state index contributed by atoms with van der Waals surface area (Å²) in [4.78, 5) is 0. The van der Waals surface area contributed by atoms with Gasteiger partial charge >= 0.3 is 0 Å². The molecule has 2 nitrogen and oxygen atoms in total. The minimum atomic E-state index is 0.870. The van der Waals surface area contributed by atoms with E-state index in [1.807, 2.05) is 24.3 Å². The van der Waals surface area contributed by atoms with Crippen LogP contribution in [0, 0.1) is 0 Å². The van der Waals surface area contributed by atoms with Gasteiger partial charge in [-0.1, -0.05) is 121 Å². The molecular formula is C44H26O2. The Labute approximate surface area is 265 Å². The fraction of sp³-hybridized carbons (Fsp3) is 0. The molecule has 46 heavy (non-hydrogen) atoms. The molecule has 0 aliphatic carbocycles. The molecule has 10 rings (SSSR count). The minimum absolute atomic E-state index is 0.870. The Hall–Kier alpha value is -6.12. The van der Waals surface area contributed by atoms with Gasteiger partial charge in [0, 0.05) is 21.9 Å². The Balaban J connectivity index is 1.33.